The van der Waals surface area contributed by atoms with E-state index in [1.165, 1.54) is 0 Å². The fourth-order valence-corrected chi connectivity index (χ4v) is 2.95. The summed E-state index contributed by atoms with van der Waals surface area (Å²) in [5.74, 6) is -1.40. The van der Waals surface area contributed by atoms with Crippen LogP contribution in [-0.2, 0) is 4.79 Å². The van der Waals surface area contributed by atoms with Gasteiger partial charge in [-0.3, -0.25) is 4.79 Å². The zero-order valence-electron chi connectivity index (χ0n) is 11.0. The maximum Gasteiger partial charge on any atom is 0.329 e. The van der Waals surface area contributed by atoms with Gasteiger partial charge in [0.25, 0.3) is 5.91 Å². The lowest BCUT2D eigenvalue weighted by Crippen LogP contribution is -2.55. The molecule has 1 aliphatic rings. The van der Waals surface area contributed by atoms with Crippen LogP contribution >= 0.6 is 15.9 Å². The molecule has 108 valence electrons. The molecular weight excluding hydrogens is 324 g/mol. The molecule has 0 atom stereocenters. The van der Waals surface area contributed by atoms with Crippen LogP contribution in [0.4, 0.5) is 5.69 Å². The number of anilines is 1. The molecule has 1 aliphatic carbocycles. The highest BCUT2D eigenvalue weighted by Gasteiger charge is 2.41. The Balaban J connectivity index is 2.22. The summed E-state index contributed by atoms with van der Waals surface area (Å²) in [4.78, 5) is 23.8. The van der Waals surface area contributed by atoms with Gasteiger partial charge in [0.15, 0.2) is 0 Å². The Hall–Kier alpha value is -1.56. The lowest BCUT2D eigenvalue weighted by Gasteiger charge is -2.34. The van der Waals surface area contributed by atoms with Gasteiger partial charge in [0.1, 0.15) is 5.54 Å². The van der Waals surface area contributed by atoms with Gasteiger partial charge in [-0.25, -0.2) is 4.79 Å². The second-order valence-electron chi connectivity index (χ2n) is 5.13. The number of carboxylic acid groups (broad SMARTS) is 1. The Morgan fingerprint density at radius 2 is 1.90 bits per heavy atom. The molecule has 1 amide bonds. The second kappa shape index (κ2) is 5.83. The lowest BCUT2D eigenvalue weighted by molar-refractivity contribution is -0.145. The van der Waals surface area contributed by atoms with E-state index in [0.29, 0.717) is 24.1 Å². The quantitative estimate of drug-likeness (QED) is 0.737. The monoisotopic (exact) mass is 340 g/mol. The highest BCUT2D eigenvalue weighted by atomic mass is 79.9. The molecule has 1 aromatic rings. The number of amides is 1. The summed E-state index contributed by atoms with van der Waals surface area (Å²) in [6.45, 7) is 0. The third-order valence-electron chi connectivity index (χ3n) is 3.73. The smallest absolute Gasteiger partial charge is 0.329 e. The Kier molecular flexibility index (Phi) is 4.32. The Morgan fingerprint density at radius 1 is 1.25 bits per heavy atom. The first-order valence-corrected chi connectivity index (χ1v) is 7.35. The maximum absolute atomic E-state index is 12.3. The average molecular weight is 341 g/mol. The zero-order valence-corrected chi connectivity index (χ0v) is 12.6. The highest BCUT2D eigenvalue weighted by Crippen LogP contribution is 2.29. The number of hydrogen-bond acceptors (Lipinski definition) is 3. The van der Waals surface area contributed by atoms with Gasteiger partial charge in [-0.05, 0) is 31.0 Å². The number of rotatable bonds is 3. The normalized spacial score (nSPS) is 17.4. The molecular formula is C14H17BrN2O3. The largest absolute Gasteiger partial charge is 0.480 e. The molecule has 1 saturated carbocycles. The van der Waals surface area contributed by atoms with Crippen LogP contribution in [-0.4, -0.2) is 22.5 Å². The van der Waals surface area contributed by atoms with Crippen molar-refractivity contribution in [3.63, 3.8) is 0 Å². The summed E-state index contributed by atoms with van der Waals surface area (Å²) in [6, 6.07) is 4.93. The Labute approximate surface area is 125 Å². The third kappa shape index (κ3) is 2.95. The molecule has 20 heavy (non-hydrogen) atoms. The Bertz CT molecular complexity index is 539. The number of nitrogens with two attached hydrogens (primary N) is 1. The number of aliphatic carboxylic acids is 1. The van der Waals surface area contributed by atoms with Gasteiger partial charge in [0.2, 0.25) is 0 Å². The molecule has 1 aromatic carbocycles. The first-order chi connectivity index (χ1) is 9.44. The molecule has 0 aliphatic heterocycles. The molecule has 6 heteroatoms. The molecule has 1 fully saturated rings. The molecule has 0 aromatic heterocycles. The second-order valence-corrected chi connectivity index (χ2v) is 6.05. The van der Waals surface area contributed by atoms with Crippen LogP contribution in [0.5, 0.6) is 0 Å². The van der Waals surface area contributed by atoms with Crippen molar-refractivity contribution < 1.29 is 14.7 Å². The van der Waals surface area contributed by atoms with E-state index in [1.54, 1.807) is 18.2 Å². The summed E-state index contributed by atoms with van der Waals surface area (Å²) in [5.41, 5.74) is 5.28. The van der Waals surface area contributed by atoms with E-state index in [9.17, 15) is 14.7 Å². The van der Waals surface area contributed by atoms with E-state index in [2.05, 4.69) is 21.2 Å². The van der Waals surface area contributed by atoms with Crippen molar-refractivity contribution in [2.24, 2.45) is 0 Å². The van der Waals surface area contributed by atoms with Crippen LogP contribution < -0.4 is 11.1 Å². The van der Waals surface area contributed by atoms with Crippen LogP contribution in [0.3, 0.4) is 0 Å². The highest BCUT2D eigenvalue weighted by molar-refractivity contribution is 9.10. The number of carboxylic acids is 1. The predicted octanol–water partition coefficient (Wildman–Crippen LogP) is 2.55. The standard InChI is InChI=1S/C14H17BrN2O3/c15-9-4-5-10(11(16)8-9)12(18)17-14(13(19)20)6-2-1-3-7-14/h4-5,8H,1-3,6-7,16H2,(H,17,18)(H,19,20). The molecule has 0 heterocycles. The molecule has 0 radical (unpaired) electrons. The fourth-order valence-electron chi connectivity index (χ4n) is 2.57. The molecule has 0 unspecified atom stereocenters. The van der Waals surface area contributed by atoms with E-state index < -0.39 is 17.4 Å². The van der Waals surface area contributed by atoms with Crippen LogP contribution in [0.1, 0.15) is 42.5 Å². The van der Waals surface area contributed by atoms with E-state index in [0.717, 1.165) is 23.7 Å². The molecule has 0 bridgehead atoms. The number of benzene rings is 1. The number of hydrogen-bond donors (Lipinski definition) is 3. The van der Waals surface area contributed by atoms with Crippen LogP contribution in [0, 0.1) is 0 Å². The molecule has 0 spiro atoms. The topological polar surface area (TPSA) is 92.4 Å². The predicted molar refractivity (Wildman–Crippen MR) is 79.5 cm³/mol. The summed E-state index contributed by atoms with van der Waals surface area (Å²) in [7, 11) is 0. The summed E-state index contributed by atoms with van der Waals surface area (Å²) < 4.78 is 0.775. The van der Waals surface area contributed by atoms with E-state index in [-0.39, 0.29) is 0 Å². The summed E-state index contributed by atoms with van der Waals surface area (Å²) >= 11 is 3.27. The molecule has 4 N–H and O–H groups in total. The van der Waals surface area contributed by atoms with Gasteiger partial charge in [0, 0.05) is 10.2 Å². The lowest BCUT2D eigenvalue weighted by atomic mass is 9.81. The number of nitrogens with one attached hydrogen (secondary N) is 1. The molecule has 5 nitrogen and oxygen atoms in total. The third-order valence-corrected chi connectivity index (χ3v) is 4.22. The first-order valence-electron chi connectivity index (χ1n) is 6.55. The van der Waals surface area contributed by atoms with Gasteiger partial charge >= 0.3 is 5.97 Å². The molecule has 0 saturated heterocycles. The van der Waals surface area contributed by atoms with Crippen molar-refractivity contribution in [2.75, 3.05) is 5.73 Å². The van der Waals surface area contributed by atoms with Crippen molar-refractivity contribution >= 4 is 33.5 Å². The van der Waals surface area contributed by atoms with Gasteiger partial charge in [0.05, 0.1) is 5.56 Å². The van der Waals surface area contributed by atoms with Gasteiger partial charge in [-0.1, -0.05) is 35.2 Å². The van der Waals surface area contributed by atoms with Crippen molar-refractivity contribution in [1.29, 1.82) is 0 Å². The van der Waals surface area contributed by atoms with E-state index in [4.69, 9.17) is 5.73 Å². The van der Waals surface area contributed by atoms with Crippen LogP contribution in [0.15, 0.2) is 22.7 Å². The van der Waals surface area contributed by atoms with Crippen molar-refractivity contribution in [2.45, 2.75) is 37.6 Å². The van der Waals surface area contributed by atoms with Gasteiger partial charge in [-0.15, -0.1) is 0 Å². The van der Waals surface area contributed by atoms with Crippen LogP contribution in [0.2, 0.25) is 0 Å². The number of halogens is 1. The minimum atomic E-state index is -1.16. The maximum atomic E-state index is 12.3. The summed E-state index contributed by atoms with van der Waals surface area (Å²) in [5, 5.41) is 12.1. The summed E-state index contributed by atoms with van der Waals surface area (Å²) in [6.07, 6.45) is 3.55. The molecule has 2 rings (SSSR count). The number of nitrogen functional groups attached to an aromatic ring is 1. The minimum absolute atomic E-state index is 0.305. The van der Waals surface area contributed by atoms with E-state index >= 15 is 0 Å². The van der Waals surface area contributed by atoms with Crippen molar-refractivity contribution in [1.82, 2.24) is 5.32 Å². The van der Waals surface area contributed by atoms with Crippen LogP contribution in [0.25, 0.3) is 0 Å². The minimum Gasteiger partial charge on any atom is -0.480 e. The average Bonchev–Trinajstić information content (AvgIpc) is 2.39. The van der Waals surface area contributed by atoms with Crippen molar-refractivity contribution in [3.8, 4) is 0 Å². The van der Waals surface area contributed by atoms with Crippen molar-refractivity contribution in [3.05, 3.63) is 28.2 Å². The Morgan fingerprint density at radius 3 is 2.45 bits per heavy atom. The first kappa shape index (κ1) is 14.8. The SMILES string of the molecule is Nc1cc(Br)ccc1C(=O)NC1(C(=O)O)CCCCC1. The van der Waals surface area contributed by atoms with Gasteiger partial charge < -0.3 is 16.2 Å². The number of carbonyl (C=O) groups excluding carboxylic acids is 1. The fraction of sp³-hybridized carbons (Fsp3) is 0.429. The van der Waals surface area contributed by atoms with E-state index in [1.807, 2.05) is 0 Å². The number of carbonyl (C=O) groups is 2. The zero-order chi connectivity index (χ0) is 14.8. The van der Waals surface area contributed by atoms with Gasteiger partial charge in [-0.2, -0.15) is 0 Å².